The van der Waals surface area contributed by atoms with Crippen molar-refractivity contribution in [3.63, 3.8) is 0 Å². The molecule has 0 radical (unpaired) electrons. The van der Waals surface area contributed by atoms with E-state index in [-0.39, 0.29) is 11.6 Å². The quantitative estimate of drug-likeness (QED) is 0.441. The summed E-state index contributed by atoms with van der Waals surface area (Å²) >= 11 is 3.75. The minimum Gasteiger partial charge on any atom is -0.296 e. The predicted octanol–water partition coefficient (Wildman–Crippen LogP) is 2.87. The maximum Gasteiger partial charge on any atom is 0.271 e. The maximum atomic E-state index is 13.0. The maximum absolute atomic E-state index is 13.0. The molecule has 1 atom stereocenters. The van der Waals surface area contributed by atoms with E-state index in [1.54, 1.807) is 10.6 Å². The highest BCUT2D eigenvalue weighted by molar-refractivity contribution is 14.1. The van der Waals surface area contributed by atoms with E-state index in [4.69, 9.17) is 0 Å². The molecule has 2 aliphatic rings. The van der Waals surface area contributed by atoms with Crippen molar-refractivity contribution in [1.82, 2.24) is 18.8 Å². The van der Waals surface area contributed by atoms with Crippen LogP contribution in [0.15, 0.2) is 35.4 Å². The summed E-state index contributed by atoms with van der Waals surface area (Å²) in [7, 11) is -3.10. The molecule has 10 heteroatoms. The molecule has 0 spiro atoms. The monoisotopic (exact) mass is 584 g/mol. The molecule has 0 N–H and O–H groups in total. The van der Waals surface area contributed by atoms with Crippen LogP contribution in [0.25, 0.3) is 10.2 Å². The van der Waals surface area contributed by atoms with Gasteiger partial charge in [-0.3, -0.25) is 14.3 Å². The SMILES string of the molecule is CS(=O)(=O)N1CCN(Cc2ccc3c(c2)CCC(n2cnc4cc(I)sc4c2=O)C3)CC1. The zero-order valence-corrected chi connectivity index (χ0v) is 21.6. The van der Waals surface area contributed by atoms with E-state index in [1.165, 1.54) is 34.3 Å². The van der Waals surface area contributed by atoms with Crippen LogP contribution in [0.1, 0.15) is 29.2 Å². The van der Waals surface area contributed by atoms with Gasteiger partial charge >= 0.3 is 0 Å². The molecule has 2 aromatic heterocycles. The Bertz CT molecular complexity index is 1330. The lowest BCUT2D eigenvalue weighted by molar-refractivity contribution is 0.182. The number of aromatic nitrogens is 2. The molecule has 3 aromatic rings. The van der Waals surface area contributed by atoms with Crippen molar-refractivity contribution in [3.8, 4) is 0 Å². The van der Waals surface area contributed by atoms with E-state index >= 15 is 0 Å². The smallest absolute Gasteiger partial charge is 0.271 e. The Hall–Kier alpha value is -1.34. The molecule has 1 saturated heterocycles. The van der Waals surface area contributed by atoms with Crippen LogP contribution in [0, 0.1) is 2.88 Å². The highest BCUT2D eigenvalue weighted by Crippen LogP contribution is 2.30. The van der Waals surface area contributed by atoms with Crippen LogP contribution >= 0.6 is 33.9 Å². The Morgan fingerprint density at radius 3 is 2.69 bits per heavy atom. The Morgan fingerprint density at radius 2 is 1.94 bits per heavy atom. The largest absolute Gasteiger partial charge is 0.296 e. The van der Waals surface area contributed by atoms with Gasteiger partial charge in [0.15, 0.2) is 0 Å². The lowest BCUT2D eigenvalue weighted by Gasteiger charge is -2.33. The third-order valence-corrected chi connectivity index (χ3v) is 9.68. The summed E-state index contributed by atoms with van der Waals surface area (Å²) in [4.78, 5) is 19.8. The summed E-state index contributed by atoms with van der Waals surface area (Å²) in [5.74, 6) is 0. The summed E-state index contributed by atoms with van der Waals surface area (Å²) < 4.78 is 28.6. The van der Waals surface area contributed by atoms with Gasteiger partial charge in [-0.15, -0.1) is 11.3 Å². The van der Waals surface area contributed by atoms with Gasteiger partial charge in [0.1, 0.15) is 4.70 Å². The summed E-state index contributed by atoms with van der Waals surface area (Å²) in [6, 6.07) is 8.78. The van der Waals surface area contributed by atoms with Crippen molar-refractivity contribution in [3.05, 3.63) is 60.5 Å². The van der Waals surface area contributed by atoms with E-state index in [9.17, 15) is 13.2 Å². The van der Waals surface area contributed by atoms with Gasteiger partial charge in [0.2, 0.25) is 10.0 Å². The van der Waals surface area contributed by atoms with Crippen LogP contribution in [0.2, 0.25) is 0 Å². The first kappa shape index (κ1) is 22.5. The first-order valence-electron chi connectivity index (χ1n) is 10.7. The molecule has 1 aliphatic carbocycles. The predicted molar refractivity (Wildman–Crippen MR) is 136 cm³/mol. The summed E-state index contributed by atoms with van der Waals surface area (Å²) in [6.45, 7) is 3.47. The second kappa shape index (κ2) is 8.79. The van der Waals surface area contributed by atoms with Crippen molar-refractivity contribution in [2.75, 3.05) is 32.4 Å². The minimum atomic E-state index is -3.10. The Labute approximate surface area is 205 Å². The van der Waals surface area contributed by atoms with E-state index in [0.29, 0.717) is 13.1 Å². The van der Waals surface area contributed by atoms with Crippen molar-refractivity contribution in [2.24, 2.45) is 0 Å². The number of hydrogen-bond donors (Lipinski definition) is 0. The molecule has 1 aliphatic heterocycles. The molecule has 32 heavy (non-hydrogen) atoms. The number of nitrogens with zero attached hydrogens (tertiary/aromatic N) is 4. The van der Waals surface area contributed by atoms with Crippen LogP contribution in [0.5, 0.6) is 0 Å². The van der Waals surface area contributed by atoms with E-state index in [1.807, 2.05) is 10.6 Å². The third kappa shape index (κ3) is 4.52. The number of halogens is 1. The third-order valence-electron chi connectivity index (χ3n) is 6.51. The number of sulfonamides is 1. The summed E-state index contributed by atoms with van der Waals surface area (Å²) in [6.07, 6.45) is 5.72. The van der Waals surface area contributed by atoms with Gasteiger partial charge in [0.05, 0.1) is 21.0 Å². The standard InChI is InChI=1S/C22H25IN4O3S2/c1-32(29,30)26-8-6-25(7-9-26)13-15-2-3-17-11-18(5-4-16(17)10-15)27-14-24-19-12-20(23)31-21(19)22(27)28/h2-3,10,12,14,18H,4-9,11,13H2,1H3. The number of benzene rings is 1. The molecule has 5 rings (SSSR count). The first-order valence-corrected chi connectivity index (χ1v) is 14.5. The molecule has 1 fully saturated rings. The van der Waals surface area contributed by atoms with Crippen molar-refractivity contribution in [1.29, 1.82) is 0 Å². The molecular weight excluding hydrogens is 559 g/mol. The Kier molecular flexibility index (Phi) is 6.16. The second-order valence-corrected chi connectivity index (χ2v) is 13.6. The number of fused-ring (bicyclic) bond motifs is 2. The number of rotatable bonds is 4. The molecule has 0 saturated carbocycles. The molecule has 7 nitrogen and oxygen atoms in total. The lowest BCUT2D eigenvalue weighted by atomic mass is 9.87. The fourth-order valence-corrected chi connectivity index (χ4v) is 7.31. The molecule has 0 bridgehead atoms. The van der Waals surface area contributed by atoms with E-state index < -0.39 is 10.0 Å². The molecule has 170 valence electrons. The molecule has 0 amide bonds. The average molecular weight is 585 g/mol. The number of hydrogen-bond acceptors (Lipinski definition) is 6. The molecule has 1 unspecified atom stereocenters. The van der Waals surface area contributed by atoms with Gasteiger partial charge in [0.25, 0.3) is 5.56 Å². The highest BCUT2D eigenvalue weighted by atomic mass is 127. The van der Waals surface area contributed by atoms with E-state index in [0.717, 1.165) is 52.0 Å². The van der Waals surface area contributed by atoms with Crippen molar-refractivity contribution >= 4 is 54.2 Å². The second-order valence-electron chi connectivity index (χ2n) is 8.66. The molecular formula is C22H25IN4O3S2. The molecule has 3 heterocycles. The number of thiophene rings is 1. The number of piperazine rings is 1. The minimum absolute atomic E-state index is 0.0706. The van der Waals surface area contributed by atoms with Gasteiger partial charge in [0, 0.05) is 38.8 Å². The van der Waals surface area contributed by atoms with Crippen LogP contribution < -0.4 is 5.56 Å². The Morgan fingerprint density at radius 1 is 1.16 bits per heavy atom. The normalized spacial score (nSPS) is 20.5. The fourth-order valence-electron chi connectivity index (χ4n) is 4.76. The Balaban J connectivity index is 1.28. The highest BCUT2D eigenvalue weighted by Gasteiger charge is 2.25. The first-order chi connectivity index (χ1) is 15.3. The topological polar surface area (TPSA) is 75.5 Å². The van der Waals surface area contributed by atoms with Crippen molar-refractivity contribution < 1.29 is 8.42 Å². The van der Waals surface area contributed by atoms with Gasteiger partial charge in [-0.25, -0.2) is 13.4 Å². The van der Waals surface area contributed by atoms with Gasteiger partial charge in [-0.2, -0.15) is 4.31 Å². The average Bonchev–Trinajstić information content (AvgIpc) is 3.15. The van der Waals surface area contributed by atoms with E-state index in [2.05, 4.69) is 50.7 Å². The van der Waals surface area contributed by atoms with Crippen LogP contribution in [0.4, 0.5) is 0 Å². The van der Waals surface area contributed by atoms with Crippen molar-refractivity contribution in [2.45, 2.75) is 31.8 Å². The zero-order chi connectivity index (χ0) is 22.5. The summed E-state index contributed by atoms with van der Waals surface area (Å²) in [5, 5.41) is 0. The lowest BCUT2D eigenvalue weighted by Crippen LogP contribution is -2.47. The van der Waals surface area contributed by atoms with Gasteiger partial charge < -0.3 is 0 Å². The zero-order valence-electron chi connectivity index (χ0n) is 17.8. The molecule has 1 aromatic carbocycles. The van der Waals surface area contributed by atoms with Crippen LogP contribution in [-0.2, 0) is 29.4 Å². The summed E-state index contributed by atoms with van der Waals surface area (Å²) in [5.41, 5.74) is 4.80. The van der Waals surface area contributed by atoms with Gasteiger partial charge in [-0.05, 0) is 64.6 Å². The number of aryl methyl sites for hydroxylation is 1. The fraction of sp³-hybridized carbons (Fsp3) is 0.455. The van der Waals surface area contributed by atoms with Crippen LogP contribution in [-0.4, -0.2) is 59.6 Å². The van der Waals surface area contributed by atoms with Gasteiger partial charge in [-0.1, -0.05) is 18.2 Å². The van der Waals surface area contributed by atoms with Crippen LogP contribution in [0.3, 0.4) is 0 Å².